The van der Waals surface area contributed by atoms with Gasteiger partial charge in [-0.15, -0.1) is 0 Å². The number of benzene rings is 2. The summed E-state index contributed by atoms with van der Waals surface area (Å²) in [5.41, 5.74) is -1.30. The number of hydrogen-bond donors (Lipinski definition) is 1. The van der Waals surface area contributed by atoms with Crippen LogP contribution in [0, 0.1) is 6.92 Å². The normalized spacial score (nSPS) is 22.2. The number of aliphatic imine (C=N–C) groups is 1. The Balaban J connectivity index is 2.03. The molecule has 1 N–H and O–H groups in total. The average molecular weight is 416 g/mol. The van der Waals surface area contributed by atoms with Crippen molar-refractivity contribution in [2.24, 2.45) is 4.99 Å². The molecule has 3 nitrogen and oxygen atoms in total. The van der Waals surface area contributed by atoms with Gasteiger partial charge in [0.25, 0.3) is 0 Å². The molecule has 0 amide bonds. The van der Waals surface area contributed by atoms with Gasteiger partial charge >= 0.3 is 12.1 Å². The first-order valence-electron chi connectivity index (χ1n) is 7.95. The number of rotatable bonds is 3. The Labute approximate surface area is 163 Å². The first-order chi connectivity index (χ1) is 12.5. The molecule has 0 radical (unpaired) electrons. The van der Waals surface area contributed by atoms with Crippen molar-refractivity contribution in [1.82, 2.24) is 0 Å². The molecule has 0 bridgehead atoms. The molecule has 2 aromatic carbocycles. The van der Waals surface area contributed by atoms with Crippen LogP contribution in [0.5, 0.6) is 0 Å². The van der Waals surface area contributed by atoms with E-state index in [0.29, 0.717) is 11.1 Å². The Hall–Kier alpha value is -2.05. The monoisotopic (exact) mass is 415 g/mol. The average Bonchev–Trinajstić information content (AvgIpc) is 3.00. The van der Waals surface area contributed by atoms with Crippen molar-refractivity contribution in [3.8, 4) is 0 Å². The third-order valence-electron chi connectivity index (χ3n) is 4.74. The highest BCUT2D eigenvalue weighted by Crippen LogP contribution is 2.51. The van der Waals surface area contributed by atoms with Gasteiger partial charge in [-0.1, -0.05) is 35.3 Å². The minimum atomic E-state index is -4.60. The lowest BCUT2D eigenvalue weighted by molar-refractivity contribution is -0.168. The molecule has 0 saturated heterocycles. The number of halogens is 5. The van der Waals surface area contributed by atoms with Crippen LogP contribution in [0.25, 0.3) is 0 Å². The maximum atomic E-state index is 14.0. The summed E-state index contributed by atoms with van der Waals surface area (Å²) in [5, 5.41) is 9.33. The van der Waals surface area contributed by atoms with Crippen LogP contribution in [-0.2, 0) is 5.41 Å². The minimum absolute atomic E-state index is 0.0716. The molecule has 8 heteroatoms. The van der Waals surface area contributed by atoms with Gasteiger partial charge in [0.1, 0.15) is 5.41 Å². The molecule has 0 spiro atoms. The molecule has 0 aliphatic carbocycles. The SMILES string of the molecule is Cc1cc(C2CC(c3cc(Cl)cc(Cl)c3)(C(F)(F)F)C=N2)ccc1C(=O)O. The number of aromatic carboxylic acids is 1. The molecule has 2 atom stereocenters. The fourth-order valence-corrected chi connectivity index (χ4v) is 3.85. The van der Waals surface area contributed by atoms with Crippen LogP contribution in [0.3, 0.4) is 0 Å². The zero-order valence-electron chi connectivity index (χ0n) is 14.0. The smallest absolute Gasteiger partial charge is 0.403 e. The van der Waals surface area contributed by atoms with Gasteiger partial charge in [-0.05, 0) is 54.3 Å². The first kappa shape index (κ1) is 19.7. The van der Waals surface area contributed by atoms with Gasteiger partial charge in [0.05, 0.1) is 11.6 Å². The number of carboxylic acid groups (broad SMARTS) is 1. The number of alkyl halides is 3. The van der Waals surface area contributed by atoms with E-state index in [1.165, 1.54) is 30.3 Å². The Kier molecular flexibility index (Phi) is 4.99. The number of carbonyl (C=O) groups is 1. The van der Waals surface area contributed by atoms with Crippen molar-refractivity contribution in [2.75, 3.05) is 0 Å². The van der Waals surface area contributed by atoms with Gasteiger partial charge < -0.3 is 5.11 Å². The van der Waals surface area contributed by atoms with E-state index in [0.717, 1.165) is 6.21 Å². The van der Waals surface area contributed by atoms with E-state index < -0.39 is 23.6 Å². The lowest BCUT2D eigenvalue weighted by atomic mass is 9.77. The largest absolute Gasteiger partial charge is 0.478 e. The molecule has 1 aliphatic rings. The Morgan fingerprint density at radius 1 is 1.19 bits per heavy atom. The van der Waals surface area contributed by atoms with Crippen LogP contribution in [-0.4, -0.2) is 23.5 Å². The number of carboxylic acids is 1. The molecule has 2 unspecified atom stereocenters. The molecular formula is C19H14Cl2F3NO2. The molecule has 27 heavy (non-hydrogen) atoms. The Morgan fingerprint density at radius 3 is 2.33 bits per heavy atom. The van der Waals surface area contributed by atoms with E-state index in [-0.39, 0.29) is 27.6 Å². The first-order valence-corrected chi connectivity index (χ1v) is 8.70. The van der Waals surface area contributed by atoms with Crippen LogP contribution in [0.4, 0.5) is 13.2 Å². The molecule has 1 aliphatic heterocycles. The number of aryl methyl sites for hydroxylation is 1. The number of hydrogen-bond acceptors (Lipinski definition) is 2. The molecule has 0 aromatic heterocycles. The standard InChI is InChI=1S/C19H14Cl2F3NO2/c1-10-4-11(2-3-15(10)17(26)27)16-8-18(9-25-16,19(22,23)24)12-5-13(20)7-14(21)6-12/h2-7,9,16H,8H2,1H3,(H,26,27). The predicted octanol–water partition coefficient (Wildman–Crippen LogP) is 6.02. The second-order valence-corrected chi connectivity index (χ2v) is 7.38. The molecule has 0 fully saturated rings. The lowest BCUT2D eigenvalue weighted by Gasteiger charge is -2.30. The van der Waals surface area contributed by atoms with E-state index in [4.69, 9.17) is 28.3 Å². The van der Waals surface area contributed by atoms with Crippen molar-refractivity contribution in [3.63, 3.8) is 0 Å². The van der Waals surface area contributed by atoms with Crippen LogP contribution in [0.15, 0.2) is 41.4 Å². The van der Waals surface area contributed by atoms with Gasteiger partial charge in [-0.25, -0.2) is 4.79 Å². The van der Waals surface area contributed by atoms with Gasteiger partial charge in [0, 0.05) is 16.3 Å². The van der Waals surface area contributed by atoms with Crippen LogP contribution in [0.1, 0.15) is 39.5 Å². The molecule has 3 rings (SSSR count). The van der Waals surface area contributed by atoms with Crippen molar-refractivity contribution < 1.29 is 23.1 Å². The summed E-state index contributed by atoms with van der Waals surface area (Å²) in [6, 6.07) is 7.53. The Morgan fingerprint density at radius 2 is 1.81 bits per heavy atom. The summed E-state index contributed by atoms with van der Waals surface area (Å²) in [4.78, 5) is 15.2. The Bertz CT molecular complexity index is 923. The highest BCUT2D eigenvalue weighted by molar-refractivity contribution is 6.34. The second-order valence-electron chi connectivity index (χ2n) is 6.50. The van der Waals surface area contributed by atoms with E-state index in [2.05, 4.69) is 4.99 Å². The van der Waals surface area contributed by atoms with Crippen LogP contribution >= 0.6 is 23.2 Å². The van der Waals surface area contributed by atoms with Crippen LogP contribution < -0.4 is 0 Å². The summed E-state index contributed by atoms with van der Waals surface area (Å²) in [7, 11) is 0. The maximum Gasteiger partial charge on any atom is 0.403 e. The van der Waals surface area contributed by atoms with Crippen molar-refractivity contribution in [1.29, 1.82) is 0 Å². The third-order valence-corrected chi connectivity index (χ3v) is 5.18. The van der Waals surface area contributed by atoms with Crippen molar-refractivity contribution in [2.45, 2.75) is 31.0 Å². The third kappa shape index (κ3) is 3.56. The lowest BCUT2D eigenvalue weighted by Crippen LogP contribution is -2.42. The number of nitrogens with zero attached hydrogens (tertiary/aromatic N) is 1. The topological polar surface area (TPSA) is 49.7 Å². The fraction of sp³-hybridized carbons (Fsp3) is 0.263. The predicted molar refractivity (Wildman–Crippen MR) is 98.2 cm³/mol. The zero-order chi connectivity index (χ0) is 20.0. The fourth-order valence-electron chi connectivity index (χ4n) is 3.32. The summed E-state index contributed by atoms with van der Waals surface area (Å²) in [6.45, 7) is 1.60. The summed E-state index contributed by atoms with van der Waals surface area (Å²) in [6.07, 6.45) is -4.05. The minimum Gasteiger partial charge on any atom is -0.478 e. The molecule has 2 aromatic rings. The highest BCUT2D eigenvalue weighted by atomic mass is 35.5. The van der Waals surface area contributed by atoms with Gasteiger partial charge in [-0.2, -0.15) is 13.2 Å². The molecule has 142 valence electrons. The van der Waals surface area contributed by atoms with Gasteiger partial charge in [0.2, 0.25) is 0 Å². The second kappa shape index (κ2) is 6.84. The van der Waals surface area contributed by atoms with Crippen molar-refractivity contribution in [3.05, 3.63) is 68.7 Å². The summed E-state index contributed by atoms with van der Waals surface area (Å²) in [5.74, 6) is -1.09. The zero-order valence-corrected chi connectivity index (χ0v) is 15.5. The summed E-state index contributed by atoms with van der Waals surface area (Å²) >= 11 is 11.8. The summed E-state index contributed by atoms with van der Waals surface area (Å²) < 4.78 is 42.1. The van der Waals surface area contributed by atoms with Gasteiger partial charge in [-0.3, -0.25) is 4.99 Å². The van der Waals surface area contributed by atoms with Crippen LogP contribution in [0.2, 0.25) is 10.0 Å². The van der Waals surface area contributed by atoms with E-state index >= 15 is 0 Å². The van der Waals surface area contributed by atoms with E-state index in [1.54, 1.807) is 13.0 Å². The molecular weight excluding hydrogens is 402 g/mol. The van der Waals surface area contributed by atoms with E-state index in [1.807, 2.05) is 0 Å². The quantitative estimate of drug-likeness (QED) is 0.666. The van der Waals surface area contributed by atoms with E-state index in [9.17, 15) is 18.0 Å². The highest BCUT2D eigenvalue weighted by Gasteiger charge is 2.58. The van der Waals surface area contributed by atoms with Gasteiger partial charge in [0.15, 0.2) is 0 Å². The molecule has 0 saturated carbocycles. The molecule has 1 heterocycles. The maximum absolute atomic E-state index is 14.0. The van der Waals surface area contributed by atoms with Crippen molar-refractivity contribution >= 4 is 35.4 Å².